The van der Waals surface area contributed by atoms with E-state index in [1.165, 1.54) is 0 Å². The molecule has 3 aromatic rings. The molecule has 5 nitrogen and oxygen atoms in total. The maximum absolute atomic E-state index is 6.16. The predicted octanol–water partition coefficient (Wildman–Crippen LogP) is 4.37. The maximum Gasteiger partial charge on any atom is 0.135 e. The van der Waals surface area contributed by atoms with Crippen LogP contribution in [0, 0.1) is 0 Å². The normalized spacial score (nSPS) is 15.2. The molecule has 1 unspecified atom stereocenters. The first-order valence-corrected chi connectivity index (χ1v) is 8.48. The Labute approximate surface area is 145 Å². The molecule has 1 aliphatic carbocycles. The molecule has 2 heterocycles. The van der Waals surface area contributed by atoms with Crippen LogP contribution in [-0.2, 0) is 0 Å². The molecular formula is C18H18ClN5. The van der Waals surface area contributed by atoms with E-state index in [4.69, 9.17) is 11.6 Å². The molecule has 0 aliphatic heterocycles. The quantitative estimate of drug-likeness (QED) is 0.701. The molecule has 6 heteroatoms. The molecule has 1 aliphatic rings. The fourth-order valence-corrected chi connectivity index (χ4v) is 3.00. The third kappa shape index (κ3) is 3.12. The lowest BCUT2D eigenvalue weighted by Crippen LogP contribution is -2.12. The Balaban J connectivity index is 1.62. The number of hydrogen-bond acceptors (Lipinski definition) is 4. The lowest BCUT2D eigenvalue weighted by molar-refractivity contribution is 0.809. The smallest absolute Gasteiger partial charge is 0.135 e. The van der Waals surface area contributed by atoms with E-state index >= 15 is 0 Å². The number of rotatable bonds is 5. The van der Waals surface area contributed by atoms with Gasteiger partial charge in [0.05, 0.1) is 11.7 Å². The zero-order chi connectivity index (χ0) is 16.5. The summed E-state index contributed by atoms with van der Waals surface area (Å²) in [6, 6.07) is 12.0. The first-order chi connectivity index (χ1) is 11.7. The van der Waals surface area contributed by atoms with Gasteiger partial charge in [0.2, 0.25) is 0 Å². The highest BCUT2D eigenvalue weighted by Crippen LogP contribution is 2.39. The van der Waals surface area contributed by atoms with Gasteiger partial charge in [0.15, 0.2) is 0 Å². The molecule has 1 aromatic carbocycles. The molecule has 24 heavy (non-hydrogen) atoms. The van der Waals surface area contributed by atoms with Gasteiger partial charge >= 0.3 is 0 Å². The van der Waals surface area contributed by atoms with Crippen LogP contribution in [0.1, 0.15) is 43.1 Å². The van der Waals surface area contributed by atoms with Crippen LogP contribution in [0.4, 0.5) is 5.82 Å². The molecule has 1 atom stereocenters. The maximum atomic E-state index is 6.16. The van der Waals surface area contributed by atoms with Gasteiger partial charge in [0.25, 0.3) is 0 Å². The van der Waals surface area contributed by atoms with E-state index in [1.54, 1.807) is 12.3 Å². The Morgan fingerprint density at radius 2 is 2.04 bits per heavy atom. The summed E-state index contributed by atoms with van der Waals surface area (Å²) in [7, 11) is 0. The first kappa shape index (κ1) is 15.1. The third-order valence-corrected chi connectivity index (χ3v) is 4.37. The summed E-state index contributed by atoms with van der Waals surface area (Å²) >= 11 is 6.16. The van der Waals surface area contributed by atoms with Gasteiger partial charge in [-0.3, -0.25) is 0 Å². The van der Waals surface area contributed by atoms with E-state index in [-0.39, 0.29) is 6.04 Å². The van der Waals surface area contributed by atoms with Gasteiger partial charge in [-0.1, -0.05) is 29.8 Å². The fraction of sp³-hybridized carbons (Fsp3) is 0.278. The van der Waals surface area contributed by atoms with Gasteiger partial charge in [0.1, 0.15) is 16.8 Å². The SMILES string of the molecule is CC(Nc1cc(Cl)nc(C2CC2)n1)c1ccccc1-n1cccn1. The summed E-state index contributed by atoms with van der Waals surface area (Å²) in [6.45, 7) is 2.11. The van der Waals surface area contributed by atoms with Crippen LogP contribution in [0.15, 0.2) is 48.8 Å². The molecule has 0 spiro atoms. The van der Waals surface area contributed by atoms with E-state index in [9.17, 15) is 0 Å². The van der Waals surface area contributed by atoms with Crippen molar-refractivity contribution in [2.45, 2.75) is 31.7 Å². The van der Waals surface area contributed by atoms with E-state index in [0.29, 0.717) is 11.1 Å². The Hall–Kier alpha value is -2.40. The monoisotopic (exact) mass is 339 g/mol. The molecule has 4 rings (SSSR count). The van der Waals surface area contributed by atoms with Crippen LogP contribution in [0.25, 0.3) is 5.69 Å². The van der Waals surface area contributed by atoms with E-state index in [2.05, 4.69) is 39.4 Å². The zero-order valence-corrected chi connectivity index (χ0v) is 14.1. The lowest BCUT2D eigenvalue weighted by Gasteiger charge is -2.19. The lowest BCUT2D eigenvalue weighted by atomic mass is 10.1. The van der Waals surface area contributed by atoms with Crippen LogP contribution >= 0.6 is 11.6 Å². The Morgan fingerprint density at radius 1 is 1.21 bits per heavy atom. The minimum atomic E-state index is 0.0587. The molecule has 0 saturated heterocycles. The average Bonchev–Trinajstić information content (AvgIpc) is 3.29. The van der Waals surface area contributed by atoms with Crippen molar-refractivity contribution in [1.29, 1.82) is 0 Å². The van der Waals surface area contributed by atoms with Crippen molar-refractivity contribution in [3.63, 3.8) is 0 Å². The number of para-hydroxylation sites is 1. The predicted molar refractivity (Wildman–Crippen MR) is 94.6 cm³/mol. The molecule has 0 bridgehead atoms. The van der Waals surface area contributed by atoms with Crippen molar-refractivity contribution in [2.24, 2.45) is 0 Å². The molecule has 122 valence electrons. The van der Waals surface area contributed by atoms with Crippen molar-refractivity contribution >= 4 is 17.4 Å². The highest BCUT2D eigenvalue weighted by molar-refractivity contribution is 6.29. The van der Waals surface area contributed by atoms with E-state index in [0.717, 1.165) is 35.7 Å². The van der Waals surface area contributed by atoms with Crippen LogP contribution in [-0.4, -0.2) is 19.7 Å². The summed E-state index contributed by atoms with van der Waals surface area (Å²) < 4.78 is 1.87. The summed E-state index contributed by atoms with van der Waals surface area (Å²) in [5, 5.41) is 8.27. The van der Waals surface area contributed by atoms with Crippen LogP contribution in [0.2, 0.25) is 5.15 Å². The second kappa shape index (κ2) is 6.24. The number of nitrogens with one attached hydrogen (secondary N) is 1. The van der Waals surface area contributed by atoms with Crippen molar-refractivity contribution in [1.82, 2.24) is 19.7 Å². The van der Waals surface area contributed by atoms with E-state index in [1.807, 2.05) is 29.1 Å². The number of halogens is 1. The summed E-state index contributed by atoms with van der Waals surface area (Å²) in [5.41, 5.74) is 2.19. The van der Waals surface area contributed by atoms with Gasteiger partial charge < -0.3 is 5.32 Å². The van der Waals surface area contributed by atoms with Crippen LogP contribution < -0.4 is 5.32 Å². The standard InChI is InChI=1S/C18H18ClN5/c1-12(14-5-2-3-6-15(14)24-10-4-9-20-24)21-17-11-16(19)22-18(23-17)13-7-8-13/h2-6,9-13H,7-8H2,1H3,(H,21,22,23). The van der Waals surface area contributed by atoms with Crippen LogP contribution in [0.5, 0.6) is 0 Å². The number of nitrogens with zero attached hydrogens (tertiary/aromatic N) is 4. The van der Waals surface area contributed by atoms with Crippen molar-refractivity contribution in [2.75, 3.05) is 5.32 Å². The topological polar surface area (TPSA) is 55.6 Å². The van der Waals surface area contributed by atoms with Gasteiger partial charge in [-0.25, -0.2) is 14.6 Å². The molecule has 1 saturated carbocycles. The molecule has 0 radical (unpaired) electrons. The second-order valence-electron chi connectivity index (χ2n) is 6.08. The van der Waals surface area contributed by atoms with Crippen molar-refractivity contribution in [3.05, 3.63) is 65.3 Å². The molecule has 2 aromatic heterocycles. The third-order valence-electron chi connectivity index (χ3n) is 4.17. The summed E-state index contributed by atoms with van der Waals surface area (Å²) in [5.74, 6) is 2.08. The number of anilines is 1. The van der Waals surface area contributed by atoms with Gasteiger partial charge in [-0.15, -0.1) is 0 Å². The Bertz CT molecular complexity index is 842. The highest BCUT2D eigenvalue weighted by atomic mass is 35.5. The fourth-order valence-electron chi connectivity index (χ4n) is 2.81. The molecule has 0 amide bonds. The Morgan fingerprint density at radius 3 is 2.79 bits per heavy atom. The average molecular weight is 340 g/mol. The first-order valence-electron chi connectivity index (χ1n) is 8.10. The second-order valence-corrected chi connectivity index (χ2v) is 6.47. The van der Waals surface area contributed by atoms with Gasteiger partial charge in [-0.05, 0) is 37.5 Å². The molecular weight excluding hydrogens is 322 g/mol. The molecule has 1 fully saturated rings. The summed E-state index contributed by atoms with van der Waals surface area (Å²) in [6.07, 6.45) is 6.02. The van der Waals surface area contributed by atoms with E-state index < -0.39 is 0 Å². The minimum Gasteiger partial charge on any atom is -0.363 e. The molecule has 1 N–H and O–H groups in total. The number of aromatic nitrogens is 4. The number of hydrogen-bond donors (Lipinski definition) is 1. The van der Waals surface area contributed by atoms with Gasteiger partial charge in [-0.2, -0.15) is 5.10 Å². The minimum absolute atomic E-state index is 0.0587. The van der Waals surface area contributed by atoms with Crippen molar-refractivity contribution < 1.29 is 0 Å². The zero-order valence-electron chi connectivity index (χ0n) is 13.4. The Kier molecular flexibility index (Phi) is 3.94. The summed E-state index contributed by atoms with van der Waals surface area (Å²) in [4.78, 5) is 8.96. The number of benzene rings is 1. The van der Waals surface area contributed by atoms with Crippen molar-refractivity contribution in [3.8, 4) is 5.69 Å². The largest absolute Gasteiger partial charge is 0.363 e. The van der Waals surface area contributed by atoms with Crippen LogP contribution in [0.3, 0.4) is 0 Å². The van der Waals surface area contributed by atoms with Gasteiger partial charge in [0, 0.05) is 24.4 Å². The highest BCUT2D eigenvalue weighted by Gasteiger charge is 2.27.